The minimum Gasteiger partial charge on any atom is -0.467 e. The molecule has 0 radical (unpaired) electrons. The highest BCUT2D eigenvalue weighted by atomic mass is 16.4. The van der Waals surface area contributed by atoms with Crippen LogP contribution in [0.5, 0.6) is 0 Å². The van der Waals surface area contributed by atoms with Crippen LogP contribution in [0.25, 0.3) is 0 Å². The van der Waals surface area contributed by atoms with E-state index in [0.717, 1.165) is 12.0 Å². The van der Waals surface area contributed by atoms with Crippen LogP contribution in [-0.2, 0) is 6.42 Å². The number of aryl methyl sites for hydroxylation is 1. The lowest BCUT2D eigenvalue weighted by molar-refractivity contribution is 0.0900. The van der Waals surface area contributed by atoms with Gasteiger partial charge in [-0.15, -0.1) is 0 Å². The van der Waals surface area contributed by atoms with Gasteiger partial charge in [0.1, 0.15) is 11.9 Å². The third-order valence-corrected chi connectivity index (χ3v) is 2.86. The molecule has 1 unspecified atom stereocenters. The van der Waals surface area contributed by atoms with E-state index < -0.39 is 6.10 Å². The molecule has 0 aliphatic carbocycles. The zero-order valence-electron chi connectivity index (χ0n) is 10.7. The lowest BCUT2D eigenvalue weighted by atomic mass is 10.1. The van der Waals surface area contributed by atoms with Gasteiger partial charge >= 0.3 is 0 Å². The van der Waals surface area contributed by atoms with Crippen molar-refractivity contribution >= 4 is 5.91 Å². The molecule has 100 valence electrons. The Morgan fingerprint density at radius 1 is 1.53 bits per heavy atom. The van der Waals surface area contributed by atoms with Crippen LogP contribution in [-0.4, -0.2) is 22.5 Å². The molecule has 1 atom stereocenters. The molecular formula is C14H16N2O3. The number of aromatic nitrogens is 1. The summed E-state index contributed by atoms with van der Waals surface area (Å²) in [6.07, 6.45) is 4.64. The Balaban J connectivity index is 1.98. The van der Waals surface area contributed by atoms with Gasteiger partial charge in [0.2, 0.25) is 0 Å². The van der Waals surface area contributed by atoms with E-state index in [9.17, 15) is 9.90 Å². The van der Waals surface area contributed by atoms with Gasteiger partial charge in [0.05, 0.1) is 12.8 Å². The van der Waals surface area contributed by atoms with Gasteiger partial charge in [-0.3, -0.25) is 9.78 Å². The maximum absolute atomic E-state index is 12.0. The van der Waals surface area contributed by atoms with E-state index in [-0.39, 0.29) is 12.5 Å². The summed E-state index contributed by atoms with van der Waals surface area (Å²) in [5.74, 6) is 0.218. The number of rotatable bonds is 5. The molecule has 0 fully saturated rings. The fraction of sp³-hybridized carbons (Fsp3) is 0.286. The van der Waals surface area contributed by atoms with Crippen LogP contribution in [0.2, 0.25) is 0 Å². The predicted molar refractivity (Wildman–Crippen MR) is 69.6 cm³/mol. The Bertz CT molecular complexity index is 537. The SMILES string of the molecule is CCc1cnccc1C(=O)NCC(O)c1ccco1. The van der Waals surface area contributed by atoms with Gasteiger partial charge in [0.25, 0.3) is 5.91 Å². The summed E-state index contributed by atoms with van der Waals surface area (Å²) in [4.78, 5) is 16.0. The van der Waals surface area contributed by atoms with Crippen LogP contribution in [0.15, 0.2) is 41.3 Å². The molecule has 0 aromatic carbocycles. The minimum absolute atomic E-state index is 0.109. The summed E-state index contributed by atoms with van der Waals surface area (Å²) in [6.45, 7) is 2.07. The maximum Gasteiger partial charge on any atom is 0.251 e. The number of pyridine rings is 1. The minimum atomic E-state index is -0.842. The molecule has 0 aliphatic heterocycles. The van der Waals surface area contributed by atoms with Crippen LogP contribution in [0.4, 0.5) is 0 Å². The second-order valence-corrected chi connectivity index (χ2v) is 4.13. The number of aliphatic hydroxyl groups is 1. The molecule has 0 saturated heterocycles. The van der Waals surface area contributed by atoms with Gasteiger partial charge in [0, 0.05) is 18.0 Å². The summed E-state index contributed by atoms with van der Waals surface area (Å²) in [5, 5.41) is 12.5. The molecule has 5 heteroatoms. The molecule has 2 N–H and O–H groups in total. The monoisotopic (exact) mass is 260 g/mol. The zero-order valence-corrected chi connectivity index (χ0v) is 10.7. The Hall–Kier alpha value is -2.14. The van der Waals surface area contributed by atoms with Crippen LogP contribution < -0.4 is 5.32 Å². The standard InChI is InChI=1S/C14H16N2O3/c1-2-10-8-15-6-5-11(10)14(18)16-9-12(17)13-4-3-7-19-13/h3-8,12,17H,2,9H2,1H3,(H,16,18). The van der Waals surface area contributed by atoms with Crippen molar-refractivity contribution in [3.05, 3.63) is 53.7 Å². The zero-order chi connectivity index (χ0) is 13.7. The summed E-state index contributed by atoms with van der Waals surface area (Å²) in [7, 11) is 0. The average Bonchev–Trinajstić information content (AvgIpc) is 2.98. The van der Waals surface area contributed by atoms with Gasteiger partial charge in [-0.05, 0) is 30.2 Å². The van der Waals surface area contributed by atoms with E-state index in [1.165, 1.54) is 6.26 Å². The summed E-state index contributed by atoms with van der Waals surface area (Å²) in [5.41, 5.74) is 1.47. The Morgan fingerprint density at radius 2 is 2.37 bits per heavy atom. The number of furan rings is 1. The van der Waals surface area contributed by atoms with Crippen LogP contribution in [0.1, 0.15) is 34.7 Å². The highest BCUT2D eigenvalue weighted by molar-refractivity contribution is 5.95. The first-order valence-corrected chi connectivity index (χ1v) is 6.15. The van der Waals surface area contributed by atoms with Crippen LogP contribution in [0.3, 0.4) is 0 Å². The van der Waals surface area contributed by atoms with Crippen molar-refractivity contribution in [1.29, 1.82) is 0 Å². The van der Waals surface area contributed by atoms with Gasteiger partial charge in [-0.2, -0.15) is 0 Å². The van der Waals surface area contributed by atoms with Crippen molar-refractivity contribution in [2.45, 2.75) is 19.4 Å². The number of carbonyl (C=O) groups excluding carboxylic acids is 1. The van der Waals surface area contributed by atoms with E-state index >= 15 is 0 Å². The second kappa shape index (κ2) is 6.15. The number of carbonyl (C=O) groups is 1. The summed E-state index contributed by atoms with van der Waals surface area (Å²) >= 11 is 0. The molecule has 0 spiro atoms. The quantitative estimate of drug-likeness (QED) is 0.858. The molecule has 0 bridgehead atoms. The first kappa shape index (κ1) is 13.3. The van der Waals surface area contributed by atoms with Gasteiger partial charge in [0.15, 0.2) is 0 Å². The van der Waals surface area contributed by atoms with Gasteiger partial charge in [-0.25, -0.2) is 0 Å². The van der Waals surface area contributed by atoms with Gasteiger partial charge < -0.3 is 14.8 Å². The van der Waals surface area contributed by atoms with Crippen molar-refractivity contribution in [1.82, 2.24) is 10.3 Å². The van der Waals surface area contributed by atoms with Crippen LogP contribution >= 0.6 is 0 Å². The molecule has 0 saturated carbocycles. The third-order valence-electron chi connectivity index (χ3n) is 2.86. The maximum atomic E-state index is 12.0. The van der Waals surface area contributed by atoms with Crippen molar-refractivity contribution in [2.24, 2.45) is 0 Å². The summed E-state index contributed by atoms with van der Waals surface area (Å²) < 4.78 is 5.07. The number of hydrogen-bond donors (Lipinski definition) is 2. The molecular weight excluding hydrogens is 244 g/mol. The topological polar surface area (TPSA) is 75.4 Å². The highest BCUT2D eigenvalue weighted by Gasteiger charge is 2.14. The molecule has 2 heterocycles. The molecule has 2 rings (SSSR count). The number of amides is 1. The van der Waals surface area contributed by atoms with E-state index in [1.54, 1.807) is 30.6 Å². The van der Waals surface area contributed by atoms with E-state index in [1.807, 2.05) is 6.92 Å². The number of aliphatic hydroxyl groups excluding tert-OH is 1. The highest BCUT2D eigenvalue weighted by Crippen LogP contribution is 2.12. The molecule has 2 aromatic rings. The van der Waals surface area contributed by atoms with Crippen molar-refractivity contribution < 1.29 is 14.3 Å². The van der Waals surface area contributed by atoms with Crippen molar-refractivity contribution in [2.75, 3.05) is 6.54 Å². The Kier molecular flexibility index (Phi) is 4.30. The average molecular weight is 260 g/mol. The second-order valence-electron chi connectivity index (χ2n) is 4.13. The van der Waals surface area contributed by atoms with E-state index in [0.29, 0.717) is 11.3 Å². The predicted octanol–water partition coefficient (Wildman–Crippen LogP) is 1.70. The largest absolute Gasteiger partial charge is 0.467 e. The Labute approximate surface area is 111 Å². The lowest BCUT2D eigenvalue weighted by Gasteiger charge is -2.11. The van der Waals surface area contributed by atoms with Gasteiger partial charge in [-0.1, -0.05) is 6.92 Å². The normalized spacial score (nSPS) is 12.1. The Morgan fingerprint density at radius 3 is 3.05 bits per heavy atom. The van der Waals surface area contributed by atoms with E-state index in [4.69, 9.17) is 4.42 Å². The summed E-state index contributed by atoms with van der Waals surface area (Å²) in [6, 6.07) is 5.03. The number of hydrogen-bond acceptors (Lipinski definition) is 4. The molecule has 5 nitrogen and oxygen atoms in total. The number of nitrogens with one attached hydrogen (secondary N) is 1. The molecule has 19 heavy (non-hydrogen) atoms. The third kappa shape index (κ3) is 3.20. The lowest BCUT2D eigenvalue weighted by Crippen LogP contribution is -2.29. The fourth-order valence-corrected chi connectivity index (χ4v) is 1.80. The fourth-order valence-electron chi connectivity index (χ4n) is 1.80. The van der Waals surface area contributed by atoms with E-state index in [2.05, 4.69) is 10.3 Å². The first-order valence-electron chi connectivity index (χ1n) is 6.15. The molecule has 0 aliphatic rings. The number of nitrogens with zero attached hydrogens (tertiary/aromatic N) is 1. The molecule has 2 aromatic heterocycles. The van der Waals surface area contributed by atoms with Crippen molar-refractivity contribution in [3.8, 4) is 0 Å². The molecule has 1 amide bonds. The smallest absolute Gasteiger partial charge is 0.251 e. The van der Waals surface area contributed by atoms with Crippen LogP contribution in [0, 0.1) is 0 Å². The first-order chi connectivity index (χ1) is 9.22. The van der Waals surface area contributed by atoms with Crippen molar-refractivity contribution in [3.63, 3.8) is 0 Å².